The Labute approximate surface area is 155 Å². The van der Waals surface area contributed by atoms with E-state index in [-0.39, 0.29) is 19.1 Å². The lowest BCUT2D eigenvalue weighted by Gasteiger charge is -2.30. The van der Waals surface area contributed by atoms with Gasteiger partial charge in [0, 0.05) is 29.2 Å². The van der Waals surface area contributed by atoms with E-state index in [1.54, 1.807) is 36.4 Å². The summed E-state index contributed by atoms with van der Waals surface area (Å²) in [6.07, 6.45) is -0.499. The SMILES string of the molecule is O=C1C(c2ccccc2F)N2CCOC2c2cc(Cl)ccc2N1CCO. The van der Waals surface area contributed by atoms with E-state index in [4.69, 9.17) is 16.3 Å². The van der Waals surface area contributed by atoms with Crippen molar-refractivity contribution in [1.82, 2.24) is 4.90 Å². The van der Waals surface area contributed by atoms with Crippen molar-refractivity contribution in [2.24, 2.45) is 0 Å². The van der Waals surface area contributed by atoms with Gasteiger partial charge in [-0.3, -0.25) is 9.69 Å². The van der Waals surface area contributed by atoms with Crippen LogP contribution >= 0.6 is 11.6 Å². The number of fused-ring (bicyclic) bond motifs is 3. The molecular weight excluding hydrogens is 359 g/mol. The van der Waals surface area contributed by atoms with Crippen molar-refractivity contribution in [2.45, 2.75) is 12.3 Å². The molecule has 0 bridgehead atoms. The summed E-state index contributed by atoms with van der Waals surface area (Å²) in [6.45, 7) is 0.839. The van der Waals surface area contributed by atoms with Crippen molar-refractivity contribution >= 4 is 23.2 Å². The van der Waals surface area contributed by atoms with Gasteiger partial charge in [0.1, 0.15) is 18.1 Å². The number of hydrogen-bond acceptors (Lipinski definition) is 4. The Hall–Kier alpha value is -1.99. The molecule has 0 spiro atoms. The number of β-amino-alcohol motifs (C(OH)–C–C–N with tert-alkyl or cyclic N) is 1. The smallest absolute Gasteiger partial charge is 0.249 e. The van der Waals surface area contributed by atoms with Gasteiger partial charge in [0.25, 0.3) is 0 Å². The van der Waals surface area contributed by atoms with Crippen LogP contribution in [0.1, 0.15) is 23.4 Å². The Balaban J connectivity index is 1.91. The first-order chi connectivity index (χ1) is 12.6. The Morgan fingerprint density at radius 3 is 2.81 bits per heavy atom. The number of rotatable bonds is 3. The molecule has 5 nitrogen and oxygen atoms in total. The Kier molecular flexibility index (Phi) is 4.67. The molecule has 0 radical (unpaired) electrons. The van der Waals surface area contributed by atoms with Crippen LogP contribution in [0, 0.1) is 5.82 Å². The Morgan fingerprint density at radius 1 is 1.23 bits per heavy atom. The van der Waals surface area contributed by atoms with Crippen molar-refractivity contribution in [3.63, 3.8) is 0 Å². The first-order valence-corrected chi connectivity index (χ1v) is 8.83. The van der Waals surface area contributed by atoms with Crippen molar-refractivity contribution in [3.05, 3.63) is 64.4 Å². The van der Waals surface area contributed by atoms with Crippen LogP contribution in [0.4, 0.5) is 10.1 Å². The standard InChI is InChI=1S/C19H18ClFN2O3/c20-12-5-6-16-14(11-12)19-23(8-10-26-19)17(18(25)22(16)7-9-24)13-3-1-2-4-15(13)21/h1-6,11,17,19,24H,7-10H2. The number of hydrogen-bond donors (Lipinski definition) is 1. The maximum atomic E-state index is 14.5. The van der Waals surface area contributed by atoms with E-state index >= 15 is 0 Å². The number of carbonyl (C=O) groups is 1. The van der Waals surface area contributed by atoms with Crippen LogP contribution in [0.25, 0.3) is 0 Å². The van der Waals surface area contributed by atoms with Gasteiger partial charge in [-0.15, -0.1) is 0 Å². The highest BCUT2D eigenvalue weighted by molar-refractivity contribution is 6.30. The van der Waals surface area contributed by atoms with Gasteiger partial charge in [-0.1, -0.05) is 29.8 Å². The minimum Gasteiger partial charge on any atom is -0.395 e. The topological polar surface area (TPSA) is 53.0 Å². The van der Waals surface area contributed by atoms with E-state index in [0.717, 1.165) is 5.56 Å². The van der Waals surface area contributed by atoms with Gasteiger partial charge in [-0.05, 0) is 24.3 Å². The predicted molar refractivity (Wildman–Crippen MR) is 95.4 cm³/mol. The first-order valence-electron chi connectivity index (χ1n) is 8.45. The summed E-state index contributed by atoms with van der Waals surface area (Å²) in [6, 6.07) is 10.6. The molecular formula is C19H18ClFN2O3. The number of nitrogens with zero attached hydrogens (tertiary/aromatic N) is 2. The number of aliphatic hydroxyl groups is 1. The Bertz CT molecular complexity index is 847. The molecule has 2 aliphatic heterocycles. The van der Waals surface area contributed by atoms with Crippen LogP contribution in [0.15, 0.2) is 42.5 Å². The van der Waals surface area contributed by atoms with Crippen LogP contribution < -0.4 is 4.90 Å². The number of anilines is 1. The van der Waals surface area contributed by atoms with E-state index < -0.39 is 18.1 Å². The minimum absolute atomic E-state index is 0.110. The quantitative estimate of drug-likeness (QED) is 0.895. The number of ether oxygens (including phenoxy) is 1. The van der Waals surface area contributed by atoms with E-state index in [1.165, 1.54) is 11.0 Å². The van der Waals surface area contributed by atoms with Crippen LogP contribution in [-0.4, -0.2) is 42.2 Å². The fraction of sp³-hybridized carbons (Fsp3) is 0.316. The van der Waals surface area contributed by atoms with E-state index in [9.17, 15) is 14.3 Å². The molecule has 26 heavy (non-hydrogen) atoms. The molecule has 2 atom stereocenters. The third kappa shape index (κ3) is 2.79. The summed E-state index contributed by atoms with van der Waals surface area (Å²) < 4.78 is 20.4. The van der Waals surface area contributed by atoms with Crippen LogP contribution in [0.2, 0.25) is 5.02 Å². The van der Waals surface area contributed by atoms with E-state index in [1.807, 2.05) is 4.90 Å². The number of benzene rings is 2. The normalized spacial score (nSPS) is 22.9. The van der Waals surface area contributed by atoms with Gasteiger partial charge in [0.05, 0.1) is 18.9 Å². The van der Waals surface area contributed by atoms with Gasteiger partial charge in [-0.2, -0.15) is 0 Å². The number of halogens is 2. The number of amides is 1. The summed E-state index contributed by atoms with van der Waals surface area (Å²) in [5.74, 6) is -0.731. The molecule has 0 aliphatic carbocycles. The van der Waals surface area contributed by atoms with Gasteiger partial charge < -0.3 is 14.7 Å². The molecule has 4 rings (SSSR count). The van der Waals surface area contributed by atoms with Gasteiger partial charge in [0.15, 0.2) is 0 Å². The highest BCUT2D eigenvalue weighted by Gasteiger charge is 2.45. The summed E-state index contributed by atoms with van der Waals surface area (Å²) >= 11 is 6.17. The largest absolute Gasteiger partial charge is 0.395 e. The monoisotopic (exact) mass is 376 g/mol. The summed E-state index contributed by atoms with van der Waals surface area (Å²) in [5.41, 5.74) is 1.68. The maximum Gasteiger partial charge on any atom is 0.249 e. The zero-order valence-corrected chi connectivity index (χ0v) is 14.7. The Morgan fingerprint density at radius 2 is 2.04 bits per heavy atom. The zero-order chi connectivity index (χ0) is 18.3. The van der Waals surface area contributed by atoms with Crippen LogP contribution in [0.3, 0.4) is 0 Å². The molecule has 0 aromatic heterocycles. The fourth-order valence-electron chi connectivity index (χ4n) is 3.73. The van der Waals surface area contributed by atoms with Gasteiger partial charge in [-0.25, -0.2) is 4.39 Å². The number of carbonyl (C=O) groups excluding carboxylic acids is 1. The molecule has 2 unspecified atom stereocenters. The highest BCUT2D eigenvalue weighted by Crippen LogP contribution is 2.44. The third-order valence-corrected chi connectivity index (χ3v) is 5.06. The summed E-state index contributed by atoms with van der Waals surface area (Å²) in [5, 5.41) is 10.0. The average Bonchev–Trinajstić information content (AvgIpc) is 3.08. The average molecular weight is 377 g/mol. The van der Waals surface area contributed by atoms with Gasteiger partial charge in [0.2, 0.25) is 5.91 Å². The molecule has 1 N–H and O–H groups in total. The molecule has 1 amide bonds. The van der Waals surface area contributed by atoms with E-state index in [2.05, 4.69) is 0 Å². The van der Waals surface area contributed by atoms with Crippen LogP contribution in [0.5, 0.6) is 0 Å². The summed E-state index contributed by atoms with van der Waals surface area (Å²) in [7, 11) is 0. The van der Waals surface area contributed by atoms with Crippen molar-refractivity contribution in [1.29, 1.82) is 0 Å². The van der Waals surface area contributed by atoms with Gasteiger partial charge >= 0.3 is 0 Å². The molecule has 2 aromatic carbocycles. The lowest BCUT2D eigenvalue weighted by Crippen LogP contribution is -2.42. The fourth-order valence-corrected chi connectivity index (χ4v) is 3.91. The molecule has 1 fully saturated rings. The maximum absolute atomic E-state index is 14.5. The van der Waals surface area contributed by atoms with Crippen LogP contribution in [-0.2, 0) is 9.53 Å². The van der Waals surface area contributed by atoms with Crippen molar-refractivity contribution in [3.8, 4) is 0 Å². The molecule has 2 aromatic rings. The van der Waals surface area contributed by atoms with Crippen molar-refractivity contribution < 1.29 is 19.0 Å². The predicted octanol–water partition coefficient (Wildman–Crippen LogP) is 2.89. The minimum atomic E-state index is -0.832. The molecule has 2 aliphatic rings. The van der Waals surface area contributed by atoms with E-state index in [0.29, 0.717) is 29.4 Å². The first kappa shape index (κ1) is 17.4. The highest BCUT2D eigenvalue weighted by atomic mass is 35.5. The zero-order valence-electron chi connectivity index (χ0n) is 13.9. The molecule has 7 heteroatoms. The molecule has 2 heterocycles. The third-order valence-electron chi connectivity index (χ3n) is 4.83. The second-order valence-electron chi connectivity index (χ2n) is 6.30. The summed E-state index contributed by atoms with van der Waals surface area (Å²) in [4.78, 5) is 16.7. The number of aliphatic hydroxyl groups excluding tert-OH is 1. The molecule has 136 valence electrons. The van der Waals surface area contributed by atoms with Crippen molar-refractivity contribution in [2.75, 3.05) is 31.2 Å². The second kappa shape index (κ2) is 6.96. The molecule has 1 saturated heterocycles. The second-order valence-corrected chi connectivity index (χ2v) is 6.74. The lowest BCUT2D eigenvalue weighted by atomic mass is 10.0. The lowest BCUT2D eigenvalue weighted by molar-refractivity contribution is -0.126. The molecule has 0 saturated carbocycles.